The highest BCUT2D eigenvalue weighted by atomic mass is 35.5. The number of rotatable bonds is 4. The number of fused-ring (bicyclic) bond motifs is 1. The molecule has 0 aliphatic carbocycles. The molecule has 1 fully saturated rings. The molecule has 2 unspecified atom stereocenters. The van der Waals surface area contributed by atoms with E-state index in [-0.39, 0.29) is 29.3 Å². The first kappa shape index (κ1) is 20.6. The number of nitrogens with zero attached hydrogens (tertiary/aromatic N) is 1. The molecule has 0 saturated carbocycles. The summed E-state index contributed by atoms with van der Waals surface area (Å²) in [6.07, 6.45) is -1.21. The Morgan fingerprint density at radius 1 is 1.30 bits per heavy atom. The van der Waals surface area contributed by atoms with Crippen molar-refractivity contribution in [3.63, 3.8) is 0 Å². The highest BCUT2D eigenvalue weighted by Gasteiger charge is 2.69. The molecule has 30 heavy (non-hydrogen) atoms. The summed E-state index contributed by atoms with van der Waals surface area (Å²) in [6.45, 7) is -0.00446. The molecule has 2 N–H and O–H groups in total. The van der Waals surface area contributed by atoms with Crippen molar-refractivity contribution in [3.05, 3.63) is 58.6 Å². The maximum absolute atomic E-state index is 14.9. The first-order chi connectivity index (χ1) is 14.3. The maximum Gasteiger partial charge on any atom is 0.295 e. The van der Waals surface area contributed by atoms with E-state index in [2.05, 4.69) is 10.6 Å². The molecule has 4 atom stereocenters. The van der Waals surface area contributed by atoms with Gasteiger partial charge in [-0.2, -0.15) is 0 Å². The van der Waals surface area contributed by atoms with Crippen molar-refractivity contribution in [1.29, 1.82) is 0 Å². The van der Waals surface area contributed by atoms with Gasteiger partial charge < -0.3 is 15.4 Å². The summed E-state index contributed by atoms with van der Waals surface area (Å²) in [5, 5.41) is 6.03. The minimum absolute atomic E-state index is 0.00446. The third-order valence-electron chi connectivity index (χ3n) is 6.50. The van der Waals surface area contributed by atoms with E-state index in [1.54, 1.807) is 49.5 Å². The number of amides is 2. The Hall–Kier alpha value is -2.64. The van der Waals surface area contributed by atoms with Crippen molar-refractivity contribution in [2.24, 2.45) is 0 Å². The number of hydrogen-bond donors (Lipinski definition) is 2. The van der Waals surface area contributed by atoms with Crippen LogP contribution in [0.15, 0.2) is 42.5 Å². The summed E-state index contributed by atoms with van der Waals surface area (Å²) in [6, 6.07) is 11.5. The number of methoxy groups -OCH3 is 1. The summed E-state index contributed by atoms with van der Waals surface area (Å²) in [5.41, 5.74) is 0.351. The number of alkyl halides is 1. The smallest absolute Gasteiger partial charge is 0.295 e. The molecule has 0 spiro atoms. The number of para-hydroxylation sites is 1. The van der Waals surface area contributed by atoms with Crippen molar-refractivity contribution in [3.8, 4) is 5.75 Å². The van der Waals surface area contributed by atoms with Crippen LogP contribution in [-0.2, 0) is 15.1 Å². The Bertz CT molecular complexity index is 1030. The van der Waals surface area contributed by atoms with Crippen molar-refractivity contribution in [1.82, 2.24) is 5.32 Å². The summed E-state index contributed by atoms with van der Waals surface area (Å²) < 4.78 is 20.3. The van der Waals surface area contributed by atoms with E-state index in [0.29, 0.717) is 27.6 Å². The quantitative estimate of drug-likeness (QED) is 0.730. The molecule has 2 amide bonds. The number of quaternary nitrogens is 1. The van der Waals surface area contributed by atoms with Crippen LogP contribution in [0.5, 0.6) is 5.75 Å². The highest BCUT2D eigenvalue weighted by Crippen LogP contribution is 2.55. The second kappa shape index (κ2) is 7.25. The summed E-state index contributed by atoms with van der Waals surface area (Å²) in [4.78, 5) is 26.7. The van der Waals surface area contributed by atoms with Crippen LogP contribution in [0.2, 0.25) is 5.02 Å². The lowest BCUT2D eigenvalue weighted by Gasteiger charge is -2.48. The molecule has 0 aromatic heterocycles. The third-order valence-corrected chi connectivity index (χ3v) is 6.74. The lowest BCUT2D eigenvalue weighted by atomic mass is 9.78. The average Bonchev–Trinajstić information content (AvgIpc) is 3.20. The zero-order valence-corrected chi connectivity index (χ0v) is 17.8. The first-order valence-corrected chi connectivity index (χ1v) is 10.1. The maximum atomic E-state index is 14.9. The van der Waals surface area contributed by atoms with Gasteiger partial charge in [-0.1, -0.05) is 23.7 Å². The van der Waals surface area contributed by atoms with Crippen LogP contribution < -0.4 is 15.4 Å². The molecule has 6 nitrogen and oxygen atoms in total. The SMILES string of the molecule is CNC(=O)[C@@H]1C[C@@H](F)C[N+]1(C)C1(c2ccccc2OC)C(=O)Nc2ccc(Cl)cc21. The highest BCUT2D eigenvalue weighted by molar-refractivity contribution is 6.31. The van der Waals surface area contributed by atoms with E-state index in [1.807, 2.05) is 0 Å². The summed E-state index contributed by atoms with van der Waals surface area (Å²) in [5.74, 6) is -0.164. The van der Waals surface area contributed by atoms with Gasteiger partial charge in [0.15, 0.2) is 12.2 Å². The molecular formula is C22H24ClFN3O3+. The van der Waals surface area contributed by atoms with Gasteiger partial charge in [0, 0.05) is 18.5 Å². The first-order valence-electron chi connectivity index (χ1n) is 9.75. The van der Waals surface area contributed by atoms with Crippen LogP contribution in [0.4, 0.5) is 10.1 Å². The lowest BCUT2D eigenvalue weighted by Crippen LogP contribution is -2.68. The average molecular weight is 433 g/mol. The Morgan fingerprint density at radius 2 is 2.03 bits per heavy atom. The van der Waals surface area contributed by atoms with Crippen LogP contribution in [-0.4, -0.2) is 56.3 Å². The normalized spacial score (nSPS) is 30.0. The molecule has 2 aromatic carbocycles. The topological polar surface area (TPSA) is 67.4 Å². The van der Waals surface area contributed by atoms with Gasteiger partial charge in [0.25, 0.3) is 11.8 Å². The van der Waals surface area contributed by atoms with E-state index in [9.17, 15) is 14.0 Å². The van der Waals surface area contributed by atoms with E-state index in [0.717, 1.165) is 0 Å². The summed E-state index contributed by atoms with van der Waals surface area (Å²) in [7, 11) is 4.81. The van der Waals surface area contributed by atoms with Gasteiger partial charge in [0.05, 0.1) is 31.0 Å². The van der Waals surface area contributed by atoms with Crippen LogP contribution in [0.1, 0.15) is 17.5 Å². The van der Waals surface area contributed by atoms with Gasteiger partial charge in [-0.3, -0.25) is 14.1 Å². The number of ether oxygens (including phenoxy) is 1. The van der Waals surface area contributed by atoms with Crippen LogP contribution in [0.3, 0.4) is 0 Å². The molecule has 0 radical (unpaired) electrons. The fourth-order valence-electron chi connectivity index (χ4n) is 5.24. The zero-order chi connectivity index (χ0) is 21.7. The van der Waals surface area contributed by atoms with Gasteiger partial charge in [0.2, 0.25) is 5.54 Å². The molecule has 2 heterocycles. The van der Waals surface area contributed by atoms with E-state index >= 15 is 0 Å². The number of benzene rings is 2. The predicted molar refractivity (Wildman–Crippen MR) is 112 cm³/mol. The number of carbonyl (C=O) groups excluding carboxylic acids is 2. The van der Waals surface area contributed by atoms with Gasteiger partial charge in [0.1, 0.15) is 12.3 Å². The van der Waals surface area contributed by atoms with E-state index < -0.39 is 17.8 Å². The van der Waals surface area contributed by atoms with Crippen LogP contribution in [0.25, 0.3) is 0 Å². The predicted octanol–water partition coefficient (Wildman–Crippen LogP) is 2.85. The molecule has 158 valence electrons. The molecule has 2 aliphatic rings. The van der Waals surface area contributed by atoms with Crippen LogP contribution >= 0.6 is 11.6 Å². The Labute approximate surface area is 179 Å². The number of likely N-dealkylation sites (N-methyl/N-ethyl adjacent to an activating group) is 2. The number of nitrogens with one attached hydrogen (secondary N) is 2. The second-order valence-electron chi connectivity index (χ2n) is 7.97. The van der Waals surface area contributed by atoms with E-state index in [1.165, 1.54) is 14.2 Å². The van der Waals surface area contributed by atoms with Crippen molar-refractivity contribution < 1.29 is 23.2 Å². The molecule has 2 aromatic rings. The van der Waals surface area contributed by atoms with Gasteiger partial charge >= 0.3 is 0 Å². The number of anilines is 1. The Kier molecular flexibility index (Phi) is 4.98. The zero-order valence-electron chi connectivity index (χ0n) is 17.0. The van der Waals surface area contributed by atoms with Crippen LogP contribution in [0, 0.1) is 0 Å². The molecule has 2 aliphatic heterocycles. The minimum Gasteiger partial charge on any atom is -0.496 e. The van der Waals surface area contributed by atoms with E-state index in [4.69, 9.17) is 16.3 Å². The van der Waals surface area contributed by atoms with Crippen molar-refractivity contribution in [2.75, 3.05) is 33.1 Å². The summed E-state index contributed by atoms with van der Waals surface area (Å²) >= 11 is 6.34. The van der Waals surface area contributed by atoms with Gasteiger partial charge in [-0.15, -0.1) is 0 Å². The molecular weight excluding hydrogens is 409 g/mol. The molecule has 1 saturated heterocycles. The minimum atomic E-state index is -1.41. The monoisotopic (exact) mass is 432 g/mol. The standard InChI is InChI=1S/C22H23ClFN3O3/c1-25-20(28)18-11-14(24)12-27(18,2)22(15-6-4-5-7-19(15)30-3)16-10-13(23)8-9-17(16)26-21(22)29/h4-10,14,18H,11-12H2,1-3H3,(H-,25,26,28,29)/p+1/t14-,18+,22?,27?/m1/s1. The molecule has 0 bridgehead atoms. The van der Waals surface area contributed by atoms with Gasteiger partial charge in [-0.05, 0) is 30.3 Å². The fourth-order valence-corrected chi connectivity index (χ4v) is 5.42. The Morgan fingerprint density at radius 3 is 2.73 bits per heavy atom. The Balaban J connectivity index is 2.11. The molecule has 8 heteroatoms. The third kappa shape index (κ3) is 2.65. The number of hydrogen-bond acceptors (Lipinski definition) is 3. The number of halogens is 2. The van der Waals surface area contributed by atoms with Gasteiger partial charge in [-0.25, -0.2) is 4.39 Å². The lowest BCUT2D eigenvalue weighted by molar-refractivity contribution is -0.953. The second-order valence-corrected chi connectivity index (χ2v) is 8.40. The molecule has 4 rings (SSSR count). The number of likely N-dealkylation sites (tertiary alicyclic amines) is 1. The van der Waals surface area contributed by atoms with Crippen molar-refractivity contribution >= 4 is 29.1 Å². The largest absolute Gasteiger partial charge is 0.496 e. The van der Waals surface area contributed by atoms with Crippen molar-refractivity contribution in [2.45, 2.75) is 24.2 Å². The fraction of sp³-hybridized carbons (Fsp3) is 0.364. The number of carbonyl (C=O) groups is 2.